The number of anilines is 1. The van der Waals surface area contributed by atoms with Crippen molar-refractivity contribution >= 4 is 34.9 Å². The number of fused-ring (bicyclic) bond motifs is 2. The molecular formula is C32H32N4O5. The van der Waals surface area contributed by atoms with Gasteiger partial charge in [-0.1, -0.05) is 18.6 Å². The molecule has 2 N–H and O–H groups in total. The molecule has 1 unspecified atom stereocenters. The first kappa shape index (κ1) is 26.7. The summed E-state index contributed by atoms with van der Waals surface area (Å²) >= 11 is 0. The second kappa shape index (κ2) is 11.2. The van der Waals surface area contributed by atoms with Gasteiger partial charge in [0.25, 0.3) is 0 Å². The van der Waals surface area contributed by atoms with Crippen molar-refractivity contribution in [1.29, 1.82) is 0 Å². The minimum Gasteiger partial charge on any atom is -0.497 e. The maximum absolute atomic E-state index is 13.3. The van der Waals surface area contributed by atoms with Crippen LogP contribution in [0.4, 0.5) is 11.4 Å². The highest BCUT2D eigenvalue weighted by Gasteiger charge is 2.36. The van der Waals surface area contributed by atoms with Crippen molar-refractivity contribution in [3.8, 4) is 5.75 Å². The van der Waals surface area contributed by atoms with Gasteiger partial charge >= 0.3 is 5.97 Å². The summed E-state index contributed by atoms with van der Waals surface area (Å²) in [5.41, 5.74) is 5.38. The van der Waals surface area contributed by atoms with Crippen molar-refractivity contribution in [3.05, 3.63) is 88.5 Å². The average Bonchev–Trinajstić information content (AvgIpc) is 3.56. The second-order valence-electron chi connectivity index (χ2n) is 10.8. The summed E-state index contributed by atoms with van der Waals surface area (Å²) in [6.07, 6.45) is 3.53. The van der Waals surface area contributed by atoms with Gasteiger partial charge < -0.3 is 20.1 Å². The van der Waals surface area contributed by atoms with Crippen molar-refractivity contribution in [1.82, 2.24) is 9.80 Å². The fourth-order valence-corrected chi connectivity index (χ4v) is 5.90. The molecule has 0 aromatic heterocycles. The number of likely N-dealkylation sites (tertiary alicyclic amines) is 1. The van der Waals surface area contributed by atoms with Crippen molar-refractivity contribution in [2.24, 2.45) is 4.99 Å². The molecule has 6 rings (SSSR count). The van der Waals surface area contributed by atoms with E-state index in [1.807, 2.05) is 47.4 Å². The lowest BCUT2D eigenvalue weighted by Crippen LogP contribution is -2.40. The van der Waals surface area contributed by atoms with Crippen molar-refractivity contribution in [3.63, 3.8) is 0 Å². The highest BCUT2D eigenvalue weighted by atomic mass is 16.5. The van der Waals surface area contributed by atoms with Gasteiger partial charge in [-0.25, -0.2) is 4.79 Å². The molecule has 0 saturated carbocycles. The van der Waals surface area contributed by atoms with Gasteiger partial charge in [-0.3, -0.25) is 19.5 Å². The molecule has 0 spiro atoms. The van der Waals surface area contributed by atoms with E-state index in [1.165, 1.54) is 18.6 Å². The molecule has 41 heavy (non-hydrogen) atoms. The summed E-state index contributed by atoms with van der Waals surface area (Å²) < 4.78 is 5.32. The van der Waals surface area contributed by atoms with Crippen LogP contribution in [0, 0.1) is 0 Å². The number of rotatable bonds is 7. The third-order valence-corrected chi connectivity index (χ3v) is 8.11. The van der Waals surface area contributed by atoms with Crippen LogP contribution in [-0.2, 0) is 22.7 Å². The minimum atomic E-state index is -1.06. The SMILES string of the molecule is COc1ccc(C(=Nc2ccc3c(c2)CN(C(=O)CN2CCCCC2)C3)C2C(=O)Nc3cc(C(=O)O)ccc32)cc1. The number of ether oxygens (including phenoxy) is 1. The summed E-state index contributed by atoms with van der Waals surface area (Å²) in [4.78, 5) is 47.0. The van der Waals surface area contributed by atoms with E-state index in [0.29, 0.717) is 48.0 Å². The van der Waals surface area contributed by atoms with Crippen molar-refractivity contribution in [2.45, 2.75) is 38.3 Å². The molecule has 1 atom stereocenters. The topological polar surface area (TPSA) is 112 Å². The molecule has 0 aliphatic carbocycles. The largest absolute Gasteiger partial charge is 0.497 e. The normalized spacial score (nSPS) is 18.6. The number of methoxy groups -OCH3 is 1. The Morgan fingerprint density at radius 1 is 0.951 bits per heavy atom. The van der Waals surface area contributed by atoms with Gasteiger partial charge in [0, 0.05) is 18.8 Å². The van der Waals surface area contributed by atoms with Gasteiger partial charge in [0.2, 0.25) is 11.8 Å². The summed E-state index contributed by atoms with van der Waals surface area (Å²) in [6, 6.07) is 17.9. The third kappa shape index (κ3) is 5.45. The van der Waals surface area contributed by atoms with Crippen LogP contribution in [-0.4, -0.2) is 65.1 Å². The Kier molecular flexibility index (Phi) is 7.28. The monoisotopic (exact) mass is 552 g/mol. The molecular weight excluding hydrogens is 520 g/mol. The highest BCUT2D eigenvalue weighted by Crippen LogP contribution is 2.38. The lowest BCUT2D eigenvalue weighted by atomic mass is 9.90. The van der Waals surface area contributed by atoms with Crippen molar-refractivity contribution in [2.75, 3.05) is 32.1 Å². The molecule has 3 aromatic carbocycles. The molecule has 3 aliphatic rings. The maximum Gasteiger partial charge on any atom is 0.335 e. The molecule has 3 aliphatic heterocycles. The summed E-state index contributed by atoms with van der Waals surface area (Å²) in [5.74, 6) is -1.23. The highest BCUT2D eigenvalue weighted by molar-refractivity contribution is 6.24. The van der Waals surface area contributed by atoms with E-state index in [4.69, 9.17) is 9.73 Å². The first-order chi connectivity index (χ1) is 19.9. The number of aliphatic imine (C=N–C) groups is 1. The lowest BCUT2D eigenvalue weighted by Gasteiger charge is -2.27. The van der Waals surface area contributed by atoms with E-state index in [0.717, 1.165) is 42.6 Å². The standard InChI is InChI=1S/C32H32N4O5/c1-41-25-10-6-20(7-11-25)30(29-26-12-8-21(32(39)40)16-27(26)34-31(29)38)33-24-9-5-22-17-36(18-23(22)15-24)28(37)19-35-13-3-2-4-14-35/h5-12,15-16,29H,2-4,13-14,17-19H2,1H3,(H,34,38)(H,39,40). The van der Waals surface area contributed by atoms with Crippen LogP contribution in [0.1, 0.15) is 57.8 Å². The molecule has 1 fully saturated rings. The molecule has 9 nitrogen and oxygen atoms in total. The zero-order valence-electron chi connectivity index (χ0n) is 22.9. The number of nitrogens with zero attached hydrogens (tertiary/aromatic N) is 3. The van der Waals surface area contributed by atoms with Gasteiger partial charge in [-0.05, 0) is 96.7 Å². The van der Waals surface area contributed by atoms with E-state index in [9.17, 15) is 19.5 Å². The van der Waals surface area contributed by atoms with Crippen LogP contribution in [0.25, 0.3) is 0 Å². The van der Waals surface area contributed by atoms with Gasteiger partial charge in [-0.15, -0.1) is 0 Å². The Balaban J connectivity index is 1.31. The molecule has 3 aromatic rings. The quantitative estimate of drug-likeness (QED) is 0.415. The number of aromatic carboxylic acids is 1. The Labute approximate surface area is 238 Å². The van der Waals surface area contributed by atoms with Gasteiger partial charge in [0.15, 0.2) is 0 Å². The molecule has 2 amide bonds. The summed E-state index contributed by atoms with van der Waals surface area (Å²) in [5, 5.41) is 12.3. The number of carbonyl (C=O) groups excluding carboxylic acids is 2. The van der Waals surface area contributed by atoms with Crippen LogP contribution >= 0.6 is 0 Å². The molecule has 9 heteroatoms. The van der Waals surface area contributed by atoms with E-state index in [-0.39, 0.29) is 17.4 Å². The number of nitrogens with one attached hydrogen (secondary N) is 1. The van der Waals surface area contributed by atoms with Gasteiger partial charge in [-0.2, -0.15) is 0 Å². The number of hydrogen-bond donors (Lipinski definition) is 2. The Morgan fingerprint density at radius 3 is 2.41 bits per heavy atom. The maximum atomic E-state index is 13.3. The number of carboxylic acids is 1. The predicted molar refractivity (Wildman–Crippen MR) is 155 cm³/mol. The number of benzene rings is 3. The van der Waals surface area contributed by atoms with Crippen molar-refractivity contribution < 1.29 is 24.2 Å². The first-order valence-electron chi connectivity index (χ1n) is 13.9. The smallest absolute Gasteiger partial charge is 0.335 e. The number of carbonyl (C=O) groups is 3. The number of hydrogen-bond acceptors (Lipinski definition) is 6. The second-order valence-corrected chi connectivity index (χ2v) is 10.8. The number of amides is 2. The van der Waals surface area contributed by atoms with Crippen LogP contribution in [0.15, 0.2) is 65.7 Å². The number of carboxylic acid groups (broad SMARTS) is 1. The minimum absolute atomic E-state index is 0.102. The van der Waals surface area contributed by atoms with Crippen LogP contribution in [0.2, 0.25) is 0 Å². The van der Waals surface area contributed by atoms with Crippen LogP contribution < -0.4 is 10.1 Å². The fraction of sp³-hybridized carbons (Fsp3) is 0.312. The fourth-order valence-electron chi connectivity index (χ4n) is 5.90. The average molecular weight is 553 g/mol. The van der Waals surface area contributed by atoms with Gasteiger partial charge in [0.05, 0.1) is 30.6 Å². The first-order valence-corrected chi connectivity index (χ1v) is 13.9. The zero-order chi connectivity index (χ0) is 28.5. The predicted octanol–water partition coefficient (Wildman–Crippen LogP) is 4.58. The molecule has 0 radical (unpaired) electrons. The summed E-state index contributed by atoms with van der Waals surface area (Å²) in [6.45, 7) is 3.54. The third-order valence-electron chi connectivity index (χ3n) is 8.11. The van der Waals surface area contributed by atoms with E-state index in [2.05, 4.69) is 10.2 Å². The van der Waals surface area contributed by atoms with Crippen LogP contribution in [0.5, 0.6) is 5.75 Å². The summed E-state index contributed by atoms with van der Waals surface area (Å²) in [7, 11) is 1.59. The number of piperidine rings is 1. The van der Waals surface area contributed by atoms with E-state index in [1.54, 1.807) is 13.2 Å². The zero-order valence-corrected chi connectivity index (χ0v) is 22.9. The Bertz CT molecular complexity index is 1540. The molecule has 0 bridgehead atoms. The Hall–Kier alpha value is -4.50. The Morgan fingerprint density at radius 2 is 1.68 bits per heavy atom. The molecule has 3 heterocycles. The molecule has 1 saturated heterocycles. The van der Waals surface area contributed by atoms with E-state index >= 15 is 0 Å². The lowest BCUT2D eigenvalue weighted by molar-refractivity contribution is -0.133. The van der Waals surface area contributed by atoms with Crippen LogP contribution in [0.3, 0.4) is 0 Å². The van der Waals surface area contributed by atoms with E-state index < -0.39 is 11.9 Å². The van der Waals surface area contributed by atoms with Gasteiger partial charge in [0.1, 0.15) is 11.7 Å². The molecule has 210 valence electrons.